The van der Waals surface area contributed by atoms with Crippen molar-refractivity contribution in [2.24, 2.45) is 5.92 Å². The van der Waals surface area contributed by atoms with Gasteiger partial charge < -0.3 is 9.84 Å². The molecule has 0 aromatic rings. The lowest BCUT2D eigenvalue weighted by atomic mass is 9.97. The fourth-order valence-electron chi connectivity index (χ4n) is 1.40. The molecule has 0 amide bonds. The number of hydrogen-bond acceptors (Lipinski definition) is 2. The zero-order valence-electron chi connectivity index (χ0n) is 8.38. The van der Waals surface area contributed by atoms with E-state index in [-0.39, 0.29) is 6.79 Å². The second-order valence-electron chi connectivity index (χ2n) is 3.22. The van der Waals surface area contributed by atoms with Crippen molar-refractivity contribution in [2.45, 2.75) is 46.0 Å². The molecule has 0 aliphatic rings. The Morgan fingerprint density at radius 2 is 1.83 bits per heavy atom. The van der Waals surface area contributed by atoms with E-state index in [0.29, 0.717) is 6.61 Å². The highest BCUT2D eigenvalue weighted by Crippen LogP contribution is 2.15. The van der Waals surface area contributed by atoms with Gasteiger partial charge in [0.1, 0.15) is 6.79 Å². The topological polar surface area (TPSA) is 29.5 Å². The summed E-state index contributed by atoms with van der Waals surface area (Å²) >= 11 is 0. The molecule has 0 aromatic heterocycles. The molecule has 0 aliphatic carbocycles. The van der Waals surface area contributed by atoms with E-state index >= 15 is 0 Å². The summed E-state index contributed by atoms with van der Waals surface area (Å²) in [6.07, 6.45) is 6.19. The summed E-state index contributed by atoms with van der Waals surface area (Å²) in [5.74, 6) is 0.888. The molecule has 2 heteroatoms. The lowest BCUT2D eigenvalue weighted by molar-refractivity contribution is -0.00309. The zero-order valence-corrected chi connectivity index (χ0v) is 8.38. The summed E-state index contributed by atoms with van der Waals surface area (Å²) in [5.41, 5.74) is 0. The largest absolute Gasteiger partial charge is 0.371 e. The van der Waals surface area contributed by atoms with Crippen LogP contribution in [0, 0.1) is 5.92 Å². The molecule has 0 saturated carbocycles. The molecule has 0 atom stereocenters. The Bertz CT molecular complexity index is 79.9. The fraction of sp³-hybridized carbons (Fsp3) is 1.00. The van der Waals surface area contributed by atoms with Crippen molar-refractivity contribution in [1.29, 1.82) is 0 Å². The number of rotatable bonds is 8. The van der Waals surface area contributed by atoms with Gasteiger partial charge in [-0.15, -0.1) is 0 Å². The maximum atomic E-state index is 8.34. The number of aliphatic hydroxyl groups is 1. The molecule has 0 unspecified atom stereocenters. The molecule has 0 heterocycles. The summed E-state index contributed by atoms with van der Waals surface area (Å²) in [4.78, 5) is 0. The molecule has 0 rings (SSSR count). The number of ether oxygens (including phenoxy) is 1. The van der Waals surface area contributed by atoms with Gasteiger partial charge in [-0.1, -0.05) is 39.5 Å². The van der Waals surface area contributed by atoms with E-state index in [9.17, 15) is 0 Å². The van der Waals surface area contributed by atoms with Gasteiger partial charge in [0.25, 0.3) is 0 Å². The minimum atomic E-state index is -0.134. The van der Waals surface area contributed by atoms with Crippen LogP contribution in [-0.2, 0) is 4.74 Å². The lowest BCUT2D eigenvalue weighted by Gasteiger charge is -2.10. The lowest BCUT2D eigenvalue weighted by Crippen LogP contribution is -1.99. The summed E-state index contributed by atoms with van der Waals surface area (Å²) in [5, 5.41) is 8.34. The minimum Gasteiger partial charge on any atom is -0.371 e. The summed E-state index contributed by atoms with van der Waals surface area (Å²) in [7, 11) is 0. The van der Waals surface area contributed by atoms with Crippen molar-refractivity contribution in [2.75, 3.05) is 13.4 Å². The number of aliphatic hydroxyl groups excluding tert-OH is 1. The maximum Gasteiger partial charge on any atom is 0.143 e. The maximum absolute atomic E-state index is 8.34. The van der Waals surface area contributed by atoms with E-state index in [1.807, 2.05) is 0 Å². The normalized spacial score (nSPS) is 11.0. The van der Waals surface area contributed by atoms with Crippen molar-refractivity contribution in [3.63, 3.8) is 0 Å². The van der Waals surface area contributed by atoms with Crippen LogP contribution in [0.25, 0.3) is 0 Å². The van der Waals surface area contributed by atoms with E-state index < -0.39 is 0 Å². The van der Waals surface area contributed by atoms with Gasteiger partial charge in [0, 0.05) is 6.61 Å². The predicted octanol–water partition coefficient (Wildman–Crippen LogP) is 2.56. The second-order valence-corrected chi connectivity index (χ2v) is 3.22. The van der Waals surface area contributed by atoms with Gasteiger partial charge in [0.2, 0.25) is 0 Å². The Morgan fingerprint density at radius 3 is 2.33 bits per heavy atom. The van der Waals surface area contributed by atoms with Crippen LogP contribution in [0.4, 0.5) is 0 Å². The molecule has 0 radical (unpaired) electrons. The Kier molecular flexibility index (Phi) is 8.95. The molecule has 2 nitrogen and oxygen atoms in total. The molecule has 0 bridgehead atoms. The first-order valence-electron chi connectivity index (χ1n) is 5.03. The van der Waals surface area contributed by atoms with Crippen LogP contribution in [-0.4, -0.2) is 18.5 Å². The highest BCUT2D eigenvalue weighted by Gasteiger charge is 2.01. The Hall–Kier alpha value is -0.0800. The summed E-state index contributed by atoms with van der Waals surface area (Å²) < 4.78 is 4.84. The first-order valence-corrected chi connectivity index (χ1v) is 5.03. The molecular formula is C10H22O2. The van der Waals surface area contributed by atoms with Gasteiger partial charge in [-0.25, -0.2) is 0 Å². The van der Waals surface area contributed by atoms with Crippen LogP contribution < -0.4 is 0 Å². The molecular weight excluding hydrogens is 152 g/mol. The smallest absolute Gasteiger partial charge is 0.143 e. The Labute approximate surface area is 75.9 Å². The van der Waals surface area contributed by atoms with Crippen LogP contribution >= 0.6 is 0 Å². The van der Waals surface area contributed by atoms with Crippen molar-refractivity contribution in [3.8, 4) is 0 Å². The molecule has 0 aromatic carbocycles. The molecule has 12 heavy (non-hydrogen) atoms. The van der Waals surface area contributed by atoms with E-state index in [1.54, 1.807) is 0 Å². The number of hydrogen-bond donors (Lipinski definition) is 1. The number of unbranched alkanes of at least 4 members (excludes halogenated alkanes) is 1. The molecule has 0 spiro atoms. The average molecular weight is 174 g/mol. The minimum absolute atomic E-state index is 0.134. The quantitative estimate of drug-likeness (QED) is 0.452. The van der Waals surface area contributed by atoms with Gasteiger partial charge >= 0.3 is 0 Å². The third-order valence-corrected chi connectivity index (χ3v) is 2.40. The van der Waals surface area contributed by atoms with Crippen molar-refractivity contribution >= 4 is 0 Å². The average Bonchev–Trinajstić information content (AvgIpc) is 2.11. The molecule has 0 aliphatic heterocycles. The van der Waals surface area contributed by atoms with E-state index in [2.05, 4.69) is 13.8 Å². The standard InChI is InChI=1S/C10H22O2/c1-3-10(4-2)7-5-6-8-12-9-11/h10-11H,3-9H2,1-2H3. The fourth-order valence-corrected chi connectivity index (χ4v) is 1.40. The second kappa shape index (κ2) is 9.01. The monoisotopic (exact) mass is 174 g/mol. The van der Waals surface area contributed by atoms with Crippen LogP contribution in [0.1, 0.15) is 46.0 Å². The van der Waals surface area contributed by atoms with Gasteiger partial charge in [0.05, 0.1) is 0 Å². The Morgan fingerprint density at radius 1 is 1.17 bits per heavy atom. The van der Waals surface area contributed by atoms with Crippen LogP contribution in [0.2, 0.25) is 0 Å². The predicted molar refractivity (Wildman–Crippen MR) is 51.0 cm³/mol. The summed E-state index contributed by atoms with van der Waals surface area (Å²) in [6, 6.07) is 0. The van der Waals surface area contributed by atoms with E-state index in [0.717, 1.165) is 12.3 Å². The van der Waals surface area contributed by atoms with E-state index in [1.165, 1.54) is 25.7 Å². The highest BCUT2D eigenvalue weighted by atomic mass is 16.6. The third kappa shape index (κ3) is 6.62. The van der Waals surface area contributed by atoms with Crippen LogP contribution in [0.15, 0.2) is 0 Å². The van der Waals surface area contributed by atoms with E-state index in [4.69, 9.17) is 9.84 Å². The molecule has 74 valence electrons. The summed E-state index contributed by atoms with van der Waals surface area (Å²) in [6.45, 7) is 5.07. The first-order chi connectivity index (χ1) is 5.85. The first kappa shape index (κ1) is 11.9. The third-order valence-electron chi connectivity index (χ3n) is 2.40. The zero-order chi connectivity index (χ0) is 9.23. The van der Waals surface area contributed by atoms with Crippen LogP contribution in [0.5, 0.6) is 0 Å². The van der Waals surface area contributed by atoms with Gasteiger partial charge in [0.15, 0.2) is 0 Å². The molecule has 0 fully saturated rings. The van der Waals surface area contributed by atoms with Crippen molar-refractivity contribution in [3.05, 3.63) is 0 Å². The molecule has 0 saturated heterocycles. The van der Waals surface area contributed by atoms with Crippen LogP contribution in [0.3, 0.4) is 0 Å². The van der Waals surface area contributed by atoms with Gasteiger partial charge in [-0.3, -0.25) is 0 Å². The Balaban J connectivity index is 3.06. The van der Waals surface area contributed by atoms with Crippen molar-refractivity contribution < 1.29 is 9.84 Å². The van der Waals surface area contributed by atoms with Gasteiger partial charge in [-0.05, 0) is 12.3 Å². The van der Waals surface area contributed by atoms with Crippen molar-refractivity contribution in [1.82, 2.24) is 0 Å². The SMILES string of the molecule is CCC(CC)CCCCOCO. The van der Waals surface area contributed by atoms with Gasteiger partial charge in [-0.2, -0.15) is 0 Å². The highest BCUT2D eigenvalue weighted by molar-refractivity contribution is 4.54. The molecule has 1 N–H and O–H groups in total.